The SMILES string of the molecule is CCNC(=NCc1ccc2c(c1)OCO2)NC1CCN(c2ncccc2Cl)C1. The van der Waals surface area contributed by atoms with Crippen LogP contribution in [0.5, 0.6) is 11.5 Å². The highest BCUT2D eigenvalue weighted by atomic mass is 35.5. The van der Waals surface area contributed by atoms with Crippen LogP contribution in [0, 0.1) is 0 Å². The lowest BCUT2D eigenvalue weighted by molar-refractivity contribution is 0.174. The third-order valence-corrected chi connectivity index (χ3v) is 5.06. The molecule has 28 heavy (non-hydrogen) atoms. The number of hydrogen-bond acceptors (Lipinski definition) is 5. The van der Waals surface area contributed by atoms with Gasteiger partial charge in [0.15, 0.2) is 17.5 Å². The maximum Gasteiger partial charge on any atom is 0.231 e. The fourth-order valence-corrected chi connectivity index (χ4v) is 3.64. The van der Waals surface area contributed by atoms with E-state index in [1.807, 2.05) is 30.3 Å². The molecular formula is C20H24ClN5O2. The molecule has 0 amide bonds. The monoisotopic (exact) mass is 401 g/mol. The summed E-state index contributed by atoms with van der Waals surface area (Å²) in [5.41, 5.74) is 1.08. The van der Waals surface area contributed by atoms with Crippen LogP contribution in [0.2, 0.25) is 5.02 Å². The summed E-state index contributed by atoms with van der Waals surface area (Å²) in [7, 11) is 0. The van der Waals surface area contributed by atoms with Gasteiger partial charge in [0.2, 0.25) is 6.79 Å². The van der Waals surface area contributed by atoms with Crippen LogP contribution in [0.3, 0.4) is 0 Å². The van der Waals surface area contributed by atoms with Crippen molar-refractivity contribution in [2.24, 2.45) is 4.99 Å². The molecule has 1 fully saturated rings. The molecule has 1 unspecified atom stereocenters. The highest BCUT2D eigenvalue weighted by Crippen LogP contribution is 2.32. The molecule has 4 rings (SSSR count). The highest BCUT2D eigenvalue weighted by molar-refractivity contribution is 6.32. The van der Waals surface area contributed by atoms with Gasteiger partial charge in [-0.15, -0.1) is 0 Å². The number of anilines is 1. The molecule has 7 nitrogen and oxygen atoms in total. The van der Waals surface area contributed by atoms with E-state index in [1.54, 1.807) is 6.20 Å². The number of rotatable bonds is 5. The average molecular weight is 402 g/mol. The molecule has 1 atom stereocenters. The van der Waals surface area contributed by atoms with Gasteiger partial charge in [-0.3, -0.25) is 0 Å². The van der Waals surface area contributed by atoms with Crippen LogP contribution in [0.1, 0.15) is 18.9 Å². The normalized spacial score (nSPS) is 18.4. The number of aromatic nitrogens is 1. The third-order valence-electron chi connectivity index (χ3n) is 4.77. The Morgan fingerprint density at radius 2 is 2.21 bits per heavy atom. The van der Waals surface area contributed by atoms with Crippen LogP contribution in [-0.2, 0) is 6.54 Å². The molecule has 3 heterocycles. The van der Waals surface area contributed by atoms with E-state index in [1.165, 1.54) is 0 Å². The predicted octanol–water partition coefficient (Wildman–Crippen LogP) is 2.80. The second-order valence-corrected chi connectivity index (χ2v) is 7.17. The van der Waals surface area contributed by atoms with Crippen molar-refractivity contribution in [2.75, 3.05) is 31.3 Å². The molecule has 1 aromatic heterocycles. The molecule has 0 aliphatic carbocycles. The molecule has 0 radical (unpaired) electrons. The Morgan fingerprint density at radius 1 is 1.32 bits per heavy atom. The first-order valence-electron chi connectivity index (χ1n) is 9.52. The number of nitrogens with one attached hydrogen (secondary N) is 2. The third kappa shape index (κ3) is 4.25. The van der Waals surface area contributed by atoms with E-state index in [-0.39, 0.29) is 12.8 Å². The van der Waals surface area contributed by atoms with Crippen LogP contribution in [0.4, 0.5) is 5.82 Å². The van der Waals surface area contributed by atoms with Crippen molar-refractivity contribution < 1.29 is 9.47 Å². The summed E-state index contributed by atoms with van der Waals surface area (Å²) < 4.78 is 10.8. The van der Waals surface area contributed by atoms with Gasteiger partial charge in [-0.2, -0.15) is 0 Å². The molecule has 2 aromatic rings. The van der Waals surface area contributed by atoms with Gasteiger partial charge in [-0.05, 0) is 43.2 Å². The van der Waals surface area contributed by atoms with E-state index in [0.717, 1.165) is 54.9 Å². The van der Waals surface area contributed by atoms with Gasteiger partial charge in [0.1, 0.15) is 5.82 Å². The minimum absolute atomic E-state index is 0.282. The first-order chi connectivity index (χ1) is 13.7. The fourth-order valence-electron chi connectivity index (χ4n) is 3.40. The number of aliphatic imine (C=N–C) groups is 1. The van der Waals surface area contributed by atoms with Crippen LogP contribution in [0.15, 0.2) is 41.5 Å². The maximum absolute atomic E-state index is 6.29. The van der Waals surface area contributed by atoms with Crippen molar-refractivity contribution in [2.45, 2.75) is 25.9 Å². The van der Waals surface area contributed by atoms with Gasteiger partial charge in [0.25, 0.3) is 0 Å². The highest BCUT2D eigenvalue weighted by Gasteiger charge is 2.25. The van der Waals surface area contributed by atoms with Gasteiger partial charge < -0.3 is 25.0 Å². The molecule has 2 aliphatic heterocycles. The van der Waals surface area contributed by atoms with Crippen molar-refractivity contribution in [1.29, 1.82) is 0 Å². The lowest BCUT2D eigenvalue weighted by Gasteiger charge is -2.20. The standard InChI is InChI=1S/C20H24ClN5O2/c1-2-22-20(24-11-14-5-6-17-18(10-14)28-13-27-17)25-15-7-9-26(12-15)19-16(21)4-3-8-23-19/h3-6,8,10,15H,2,7,9,11-13H2,1H3,(H2,22,24,25). The largest absolute Gasteiger partial charge is 0.454 e. The van der Waals surface area contributed by atoms with E-state index >= 15 is 0 Å². The number of fused-ring (bicyclic) bond motifs is 1. The maximum atomic E-state index is 6.29. The van der Waals surface area contributed by atoms with Gasteiger partial charge >= 0.3 is 0 Å². The van der Waals surface area contributed by atoms with Crippen LogP contribution in [0.25, 0.3) is 0 Å². The van der Waals surface area contributed by atoms with Crippen LogP contribution < -0.4 is 25.0 Å². The van der Waals surface area contributed by atoms with Crippen molar-refractivity contribution in [3.05, 3.63) is 47.1 Å². The zero-order valence-corrected chi connectivity index (χ0v) is 16.6. The zero-order chi connectivity index (χ0) is 19.3. The van der Waals surface area contributed by atoms with Crippen LogP contribution in [-0.4, -0.2) is 43.4 Å². The average Bonchev–Trinajstić information content (AvgIpc) is 3.35. The summed E-state index contributed by atoms with van der Waals surface area (Å²) in [4.78, 5) is 11.3. The number of pyridine rings is 1. The van der Waals surface area contributed by atoms with E-state index in [0.29, 0.717) is 11.6 Å². The van der Waals surface area contributed by atoms with Crippen molar-refractivity contribution >= 4 is 23.4 Å². The Kier molecular flexibility index (Phi) is 5.71. The quantitative estimate of drug-likeness (QED) is 0.593. The van der Waals surface area contributed by atoms with Gasteiger partial charge in [0.05, 0.1) is 11.6 Å². The summed E-state index contributed by atoms with van der Waals surface area (Å²) in [5, 5.41) is 7.54. The minimum atomic E-state index is 0.282. The Bertz CT molecular complexity index is 860. The molecular weight excluding hydrogens is 378 g/mol. The molecule has 1 aromatic carbocycles. The van der Waals surface area contributed by atoms with Crippen LogP contribution >= 0.6 is 11.6 Å². The molecule has 2 aliphatic rings. The number of nitrogens with zero attached hydrogens (tertiary/aromatic N) is 3. The summed E-state index contributed by atoms with van der Waals surface area (Å²) in [6.45, 7) is 5.46. The second kappa shape index (κ2) is 8.56. The Balaban J connectivity index is 1.38. The molecule has 148 valence electrons. The van der Waals surface area contributed by atoms with E-state index in [2.05, 4.69) is 27.4 Å². The molecule has 0 spiro atoms. The first-order valence-corrected chi connectivity index (χ1v) is 9.89. The zero-order valence-electron chi connectivity index (χ0n) is 15.8. The summed E-state index contributed by atoms with van der Waals surface area (Å²) in [6.07, 6.45) is 2.78. The number of halogens is 1. The number of benzene rings is 1. The number of guanidine groups is 1. The predicted molar refractivity (Wildman–Crippen MR) is 110 cm³/mol. The van der Waals surface area contributed by atoms with Crippen molar-refractivity contribution in [3.8, 4) is 11.5 Å². The Labute approximate surface area is 169 Å². The molecule has 0 bridgehead atoms. The van der Waals surface area contributed by atoms with E-state index < -0.39 is 0 Å². The molecule has 0 saturated carbocycles. The first kappa shape index (κ1) is 18.7. The summed E-state index contributed by atoms with van der Waals surface area (Å²) >= 11 is 6.29. The number of ether oxygens (including phenoxy) is 2. The van der Waals surface area contributed by atoms with E-state index in [4.69, 9.17) is 26.1 Å². The minimum Gasteiger partial charge on any atom is -0.454 e. The fraction of sp³-hybridized carbons (Fsp3) is 0.400. The second-order valence-electron chi connectivity index (χ2n) is 6.77. The van der Waals surface area contributed by atoms with Crippen molar-refractivity contribution in [1.82, 2.24) is 15.6 Å². The summed E-state index contributed by atoms with van der Waals surface area (Å²) in [5.74, 6) is 3.22. The van der Waals surface area contributed by atoms with Gasteiger partial charge in [-0.1, -0.05) is 17.7 Å². The molecule has 2 N–H and O–H groups in total. The number of hydrogen-bond donors (Lipinski definition) is 2. The van der Waals surface area contributed by atoms with Gasteiger partial charge in [-0.25, -0.2) is 9.98 Å². The Morgan fingerprint density at radius 3 is 3.07 bits per heavy atom. The van der Waals surface area contributed by atoms with Gasteiger partial charge in [0, 0.05) is 31.9 Å². The molecule has 1 saturated heterocycles. The molecule has 8 heteroatoms. The van der Waals surface area contributed by atoms with Crippen molar-refractivity contribution in [3.63, 3.8) is 0 Å². The van der Waals surface area contributed by atoms with E-state index in [9.17, 15) is 0 Å². The summed E-state index contributed by atoms with van der Waals surface area (Å²) in [6, 6.07) is 9.94. The Hall–Kier alpha value is -2.67. The lowest BCUT2D eigenvalue weighted by atomic mass is 10.2. The smallest absolute Gasteiger partial charge is 0.231 e. The topological polar surface area (TPSA) is 71.0 Å². The lowest BCUT2D eigenvalue weighted by Crippen LogP contribution is -2.44.